The number of fused-ring (bicyclic) bond motifs is 15. The van der Waals surface area contributed by atoms with Crippen molar-refractivity contribution < 1.29 is 8.83 Å². The van der Waals surface area contributed by atoms with E-state index in [4.69, 9.17) is 13.8 Å². The van der Waals surface area contributed by atoms with Crippen LogP contribution in [0.1, 0.15) is 22.3 Å². The molecule has 0 saturated carbocycles. The highest BCUT2D eigenvalue weighted by molar-refractivity contribution is 6.13. The molecular formula is C66H39N3O2. The van der Waals surface area contributed by atoms with Crippen molar-refractivity contribution in [1.82, 2.24) is 14.1 Å². The van der Waals surface area contributed by atoms with Crippen molar-refractivity contribution in [1.29, 1.82) is 0 Å². The first kappa shape index (κ1) is 38.5. The van der Waals surface area contributed by atoms with Gasteiger partial charge in [-0.2, -0.15) is 0 Å². The molecule has 0 atom stereocenters. The maximum Gasteiger partial charge on any atom is 0.135 e. The number of furan rings is 2. The molecule has 1 aliphatic rings. The minimum absolute atomic E-state index is 0.721. The maximum atomic E-state index is 6.42. The Labute approximate surface area is 406 Å². The second kappa shape index (κ2) is 14.3. The van der Waals surface area contributed by atoms with Crippen LogP contribution in [0.3, 0.4) is 0 Å². The molecule has 0 radical (unpaired) electrons. The molecule has 0 N–H and O–H groups in total. The van der Waals surface area contributed by atoms with E-state index >= 15 is 0 Å². The molecule has 5 heteroatoms. The average molecular weight is 906 g/mol. The molecule has 0 unspecified atom stereocenters. The van der Waals surface area contributed by atoms with Gasteiger partial charge in [0.1, 0.15) is 22.3 Å². The van der Waals surface area contributed by atoms with Crippen molar-refractivity contribution in [2.24, 2.45) is 0 Å². The summed E-state index contributed by atoms with van der Waals surface area (Å²) in [7, 11) is 0. The van der Waals surface area contributed by atoms with Gasteiger partial charge >= 0.3 is 0 Å². The van der Waals surface area contributed by atoms with Crippen LogP contribution in [0.15, 0.2) is 246 Å². The van der Waals surface area contributed by atoms with Crippen molar-refractivity contribution in [3.63, 3.8) is 0 Å². The highest BCUT2D eigenvalue weighted by Crippen LogP contribution is 2.57. The molecular weight excluding hydrogens is 867 g/mol. The van der Waals surface area contributed by atoms with E-state index < -0.39 is 5.41 Å². The van der Waals surface area contributed by atoms with Crippen LogP contribution < -0.4 is 0 Å². The minimum atomic E-state index is -0.721. The van der Waals surface area contributed by atoms with Crippen LogP contribution in [0.5, 0.6) is 0 Å². The summed E-state index contributed by atoms with van der Waals surface area (Å²) < 4.78 is 17.7. The van der Waals surface area contributed by atoms with Crippen LogP contribution >= 0.6 is 0 Å². The van der Waals surface area contributed by atoms with Gasteiger partial charge in [0.25, 0.3) is 0 Å². The lowest BCUT2D eigenvalue weighted by Crippen LogP contribution is -2.28. The second-order valence-corrected chi connectivity index (χ2v) is 19.0. The molecule has 0 aliphatic heterocycles. The first-order valence-corrected chi connectivity index (χ1v) is 24.3. The van der Waals surface area contributed by atoms with E-state index in [1.807, 2.05) is 18.3 Å². The van der Waals surface area contributed by atoms with Gasteiger partial charge in [-0.1, -0.05) is 127 Å². The first-order chi connectivity index (χ1) is 35.2. The van der Waals surface area contributed by atoms with Gasteiger partial charge in [-0.05, 0) is 137 Å². The number of nitrogens with zero attached hydrogens (tertiary/aromatic N) is 3. The lowest BCUT2D eigenvalue weighted by Gasteiger charge is -2.33. The zero-order valence-corrected chi connectivity index (χ0v) is 38.2. The summed E-state index contributed by atoms with van der Waals surface area (Å²) in [5.74, 6) is 0. The van der Waals surface area contributed by atoms with Gasteiger partial charge < -0.3 is 18.0 Å². The monoisotopic (exact) mass is 905 g/mol. The Kier molecular flexibility index (Phi) is 7.75. The van der Waals surface area contributed by atoms with Crippen LogP contribution in [0.4, 0.5) is 0 Å². The third-order valence-corrected chi connectivity index (χ3v) is 15.4. The SMILES string of the molecule is c1ccc(-n2c3ccccc3c3cc(-c4ccc5c(c4)c4ccccc4n5-c4ccc5c(c4)-c4ncccc4C5(c4ccc5oc6ccccc6c5c4)c4ccc5oc6ccccc6c5c4)ccc32)cc1. The van der Waals surface area contributed by atoms with Crippen molar-refractivity contribution in [3.05, 3.63) is 259 Å². The zero-order chi connectivity index (χ0) is 46.4. The highest BCUT2D eigenvalue weighted by atomic mass is 16.3. The van der Waals surface area contributed by atoms with Gasteiger partial charge in [0.15, 0.2) is 0 Å². The molecule has 1 aliphatic carbocycles. The predicted molar refractivity (Wildman–Crippen MR) is 290 cm³/mol. The fourth-order valence-corrected chi connectivity index (χ4v) is 12.4. The van der Waals surface area contributed by atoms with Crippen LogP contribution in [0, 0.1) is 0 Å². The summed E-state index contributed by atoms with van der Waals surface area (Å²) in [6, 6.07) is 83.7. The summed E-state index contributed by atoms with van der Waals surface area (Å²) in [5, 5.41) is 9.28. The summed E-state index contributed by atoms with van der Waals surface area (Å²) in [6.45, 7) is 0. The lowest BCUT2D eigenvalue weighted by atomic mass is 9.67. The largest absolute Gasteiger partial charge is 0.456 e. The molecule has 0 amide bonds. The van der Waals surface area contributed by atoms with Crippen LogP contribution in [0.2, 0.25) is 0 Å². The molecule has 0 spiro atoms. The number of rotatable bonds is 5. The van der Waals surface area contributed by atoms with E-state index in [0.29, 0.717) is 0 Å². The number of aromatic nitrogens is 3. The fraction of sp³-hybridized carbons (Fsp3) is 0.0152. The molecule has 71 heavy (non-hydrogen) atoms. The lowest BCUT2D eigenvalue weighted by molar-refractivity contribution is 0.667. The van der Waals surface area contributed by atoms with Gasteiger partial charge in [-0.15, -0.1) is 0 Å². The highest BCUT2D eigenvalue weighted by Gasteiger charge is 2.47. The molecule has 0 saturated heterocycles. The van der Waals surface area contributed by atoms with E-state index in [-0.39, 0.29) is 0 Å². The molecule has 15 aromatic rings. The maximum absolute atomic E-state index is 6.42. The Balaban J connectivity index is 0.903. The first-order valence-electron chi connectivity index (χ1n) is 24.3. The summed E-state index contributed by atoms with van der Waals surface area (Å²) in [5.41, 5.74) is 18.8. The average Bonchev–Trinajstić information content (AvgIpc) is 4.24. The summed E-state index contributed by atoms with van der Waals surface area (Å²) in [6.07, 6.45) is 1.93. The fourth-order valence-electron chi connectivity index (χ4n) is 12.4. The number of para-hydroxylation sites is 5. The normalized spacial score (nSPS) is 13.2. The molecule has 5 heterocycles. The Morgan fingerprint density at radius 2 is 0.831 bits per heavy atom. The zero-order valence-electron chi connectivity index (χ0n) is 38.2. The molecule has 0 fully saturated rings. The Morgan fingerprint density at radius 3 is 1.44 bits per heavy atom. The van der Waals surface area contributed by atoms with Crippen molar-refractivity contribution in [2.45, 2.75) is 5.41 Å². The van der Waals surface area contributed by atoms with E-state index in [0.717, 1.165) is 94.2 Å². The smallest absolute Gasteiger partial charge is 0.135 e. The van der Waals surface area contributed by atoms with Crippen LogP contribution in [-0.2, 0) is 5.41 Å². The van der Waals surface area contributed by atoms with Gasteiger partial charge in [0.05, 0.1) is 33.2 Å². The Bertz CT molecular complexity index is 4600. The van der Waals surface area contributed by atoms with Gasteiger partial charge in [0.2, 0.25) is 0 Å². The quantitative estimate of drug-likeness (QED) is 0.173. The third-order valence-electron chi connectivity index (χ3n) is 15.4. The van der Waals surface area contributed by atoms with Gasteiger partial charge in [0, 0.05) is 66.2 Å². The Morgan fingerprint density at radius 1 is 0.324 bits per heavy atom. The van der Waals surface area contributed by atoms with Crippen LogP contribution in [0.25, 0.3) is 121 Å². The molecule has 16 rings (SSSR count). The van der Waals surface area contributed by atoms with Gasteiger partial charge in [-0.3, -0.25) is 4.98 Å². The third kappa shape index (κ3) is 5.27. The van der Waals surface area contributed by atoms with Crippen molar-refractivity contribution >= 4 is 87.5 Å². The molecule has 5 aromatic heterocycles. The standard InChI is InChI=1S/C66H39N3O2/c1-2-13-44(14-3-1)68-57-20-8-4-15-46(57)50-35-40(24-30-59(50)68)41-25-31-60-51(36-41)47-16-5-9-21-58(47)69(60)45-28-29-55-54(39-45)65-56(19-12-34-67-65)66(55,42-26-32-63-52(37-42)48-17-6-10-22-61(48)70-63)43-27-33-64-53(38-43)49-18-7-11-23-62(49)71-64/h1-39H. The number of hydrogen-bond donors (Lipinski definition) is 0. The topological polar surface area (TPSA) is 49.0 Å². The molecule has 330 valence electrons. The van der Waals surface area contributed by atoms with E-state index in [1.54, 1.807) is 0 Å². The Hall–Kier alpha value is -9.45. The van der Waals surface area contributed by atoms with Crippen molar-refractivity contribution in [3.8, 4) is 33.8 Å². The minimum Gasteiger partial charge on any atom is -0.456 e. The molecule has 0 bridgehead atoms. The summed E-state index contributed by atoms with van der Waals surface area (Å²) >= 11 is 0. The molecule has 5 nitrogen and oxygen atoms in total. The number of hydrogen-bond acceptors (Lipinski definition) is 3. The van der Waals surface area contributed by atoms with Crippen molar-refractivity contribution in [2.75, 3.05) is 0 Å². The summed E-state index contributed by atoms with van der Waals surface area (Å²) in [4.78, 5) is 5.26. The second-order valence-electron chi connectivity index (χ2n) is 19.0. The van der Waals surface area contributed by atoms with E-state index in [1.165, 1.54) is 49.3 Å². The molecule has 10 aromatic carbocycles. The number of pyridine rings is 1. The van der Waals surface area contributed by atoms with Gasteiger partial charge in [-0.25, -0.2) is 0 Å². The predicted octanol–water partition coefficient (Wildman–Crippen LogP) is 17.1. The van der Waals surface area contributed by atoms with E-state index in [2.05, 4.69) is 228 Å². The van der Waals surface area contributed by atoms with E-state index in [9.17, 15) is 0 Å². The number of benzene rings is 10. The van der Waals surface area contributed by atoms with Crippen LogP contribution in [-0.4, -0.2) is 14.1 Å².